The van der Waals surface area contributed by atoms with Crippen LogP contribution >= 0.6 is 0 Å². The summed E-state index contributed by atoms with van der Waals surface area (Å²) in [5, 5.41) is 11.2. The minimum atomic E-state index is 0.0211. The lowest BCUT2D eigenvalue weighted by Gasteiger charge is -2.26. The Hall–Kier alpha value is -2.01. The first kappa shape index (κ1) is 12.0. The van der Waals surface area contributed by atoms with E-state index in [0.717, 1.165) is 24.2 Å². The molecule has 0 saturated carbocycles. The molecule has 0 amide bonds. The van der Waals surface area contributed by atoms with Gasteiger partial charge in [0.25, 0.3) is 0 Å². The lowest BCUT2D eigenvalue weighted by Crippen LogP contribution is -2.43. The number of hydrogen-bond acceptors (Lipinski definition) is 4. The Bertz CT molecular complexity index is 601. The molecule has 1 saturated heterocycles. The zero-order valence-electron chi connectivity index (χ0n) is 10.8. The molecule has 2 heterocycles. The monoisotopic (exact) mass is 256 g/mol. The highest BCUT2D eigenvalue weighted by molar-refractivity contribution is 5.95. The fourth-order valence-electron chi connectivity index (χ4n) is 2.12. The van der Waals surface area contributed by atoms with Crippen LogP contribution in [-0.2, 0) is 6.42 Å². The molecule has 0 aliphatic carbocycles. The van der Waals surface area contributed by atoms with Crippen LogP contribution in [0.4, 0.5) is 0 Å². The summed E-state index contributed by atoms with van der Waals surface area (Å²) >= 11 is 0. The van der Waals surface area contributed by atoms with Gasteiger partial charge in [0.05, 0.1) is 12.2 Å². The van der Waals surface area contributed by atoms with E-state index in [2.05, 4.69) is 15.6 Å². The van der Waals surface area contributed by atoms with Gasteiger partial charge in [0.2, 0.25) is 0 Å². The Balaban J connectivity index is 1.73. The van der Waals surface area contributed by atoms with Crippen molar-refractivity contribution >= 4 is 5.78 Å². The summed E-state index contributed by atoms with van der Waals surface area (Å²) < 4.78 is 1.78. The van der Waals surface area contributed by atoms with Gasteiger partial charge in [-0.2, -0.15) is 0 Å². The molecular weight excluding hydrogens is 240 g/mol. The lowest BCUT2D eigenvalue weighted by atomic mass is 10.0. The molecule has 0 radical (unpaired) electrons. The number of Topliss-reactive ketones (excluding diaryl/α,β-unsaturated/α-hetero) is 1. The maximum absolute atomic E-state index is 12.2. The van der Waals surface area contributed by atoms with Crippen molar-refractivity contribution < 1.29 is 4.79 Å². The van der Waals surface area contributed by atoms with Gasteiger partial charge in [0, 0.05) is 19.5 Å². The average molecular weight is 256 g/mol. The van der Waals surface area contributed by atoms with E-state index in [0.29, 0.717) is 18.2 Å². The number of benzene rings is 1. The number of carbonyl (C=O) groups excluding carboxylic acids is 1. The van der Waals surface area contributed by atoms with Gasteiger partial charge in [0.15, 0.2) is 5.78 Å². The molecule has 1 aromatic heterocycles. The van der Waals surface area contributed by atoms with Crippen molar-refractivity contribution in [2.24, 2.45) is 0 Å². The van der Waals surface area contributed by atoms with E-state index in [1.807, 2.05) is 31.2 Å². The normalized spacial score (nSPS) is 15.2. The van der Waals surface area contributed by atoms with Crippen molar-refractivity contribution in [3.63, 3.8) is 0 Å². The highest BCUT2D eigenvalue weighted by Crippen LogP contribution is 2.13. The van der Waals surface area contributed by atoms with E-state index < -0.39 is 0 Å². The molecule has 0 atom stereocenters. The molecule has 2 aromatic rings. The highest BCUT2D eigenvalue weighted by Gasteiger charge is 2.21. The van der Waals surface area contributed by atoms with Gasteiger partial charge in [-0.3, -0.25) is 4.79 Å². The first-order valence-electron chi connectivity index (χ1n) is 6.44. The van der Waals surface area contributed by atoms with Crippen LogP contribution in [0.5, 0.6) is 0 Å². The van der Waals surface area contributed by atoms with Crippen LogP contribution in [0.1, 0.15) is 27.7 Å². The summed E-state index contributed by atoms with van der Waals surface area (Å²) in [5.74, 6) is 0.0211. The average Bonchev–Trinajstić information content (AvgIpc) is 2.79. The number of aromatic nitrogens is 3. The number of aryl methyl sites for hydroxylation is 1. The molecule has 1 fully saturated rings. The Labute approximate surface area is 111 Å². The van der Waals surface area contributed by atoms with Crippen LogP contribution in [0.3, 0.4) is 0 Å². The van der Waals surface area contributed by atoms with Crippen LogP contribution < -0.4 is 5.32 Å². The molecule has 0 spiro atoms. The first-order valence-corrected chi connectivity index (χ1v) is 6.44. The third kappa shape index (κ3) is 2.42. The minimum Gasteiger partial charge on any atom is -0.312 e. The van der Waals surface area contributed by atoms with E-state index in [1.165, 1.54) is 0 Å². The zero-order chi connectivity index (χ0) is 13.2. The zero-order valence-corrected chi connectivity index (χ0v) is 10.8. The number of hydrogen-bond donors (Lipinski definition) is 1. The molecule has 5 heteroatoms. The summed E-state index contributed by atoms with van der Waals surface area (Å²) in [5.41, 5.74) is 2.63. The summed E-state index contributed by atoms with van der Waals surface area (Å²) in [4.78, 5) is 12.2. The van der Waals surface area contributed by atoms with E-state index in [4.69, 9.17) is 0 Å². The van der Waals surface area contributed by atoms with E-state index >= 15 is 0 Å². The largest absolute Gasteiger partial charge is 0.312 e. The van der Waals surface area contributed by atoms with Crippen LogP contribution in [0.15, 0.2) is 30.5 Å². The van der Waals surface area contributed by atoms with Gasteiger partial charge < -0.3 is 5.32 Å². The van der Waals surface area contributed by atoms with Crippen molar-refractivity contribution in [3.05, 3.63) is 47.3 Å². The molecule has 1 aliphatic heterocycles. The van der Waals surface area contributed by atoms with E-state index in [-0.39, 0.29) is 5.78 Å². The molecule has 0 unspecified atom stereocenters. The number of rotatable bonds is 4. The smallest absolute Gasteiger partial charge is 0.189 e. The molecule has 1 aromatic carbocycles. The topological polar surface area (TPSA) is 59.8 Å². The van der Waals surface area contributed by atoms with Crippen LogP contribution in [-0.4, -0.2) is 33.9 Å². The number of nitrogens with one attached hydrogen (secondary N) is 1. The molecule has 5 nitrogen and oxygen atoms in total. The third-order valence-electron chi connectivity index (χ3n) is 3.54. The third-order valence-corrected chi connectivity index (χ3v) is 3.54. The predicted octanol–water partition coefficient (Wildman–Crippen LogP) is 1.16. The minimum absolute atomic E-state index is 0.0211. The van der Waals surface area contributed by atoms with E-state index in [9.17, 15) is 4.79 Å². The van der Waals surface area contributed by atoms with E-state index in [1.54, 1.807) is 10.9 Å². The molecule has 3 rings (SSSR count). The van der Waals surface area contributed by atoms with Gasteiger partial charge in [-0.1, -0.05) is 29.5 Å². The van der Waals surface area contributed by atoms with Gasteiger partial charge >= 0.3 is 0 Å². The van der Waals surface area contributed by atoms with Crippen molar-refractivity contribution in [2.45, 2.75) is 19.4 Å². The summed E-state index contributed by atoms with van der Waals surface area (Å²) in [6.45, 7) is 3.81. The maximum atomic E-state index is 12.2. The van der Waals surface area contributed by atoms with Crippen molar-refractivity contribution in [1.82, 2.24) is 20.3 Å². The lowest BCUT2D eigenvalue weighted by molar-refractivity contribution is 0.0988. The molecule has 1 aliphatic rings. The van der Waals surface area contributed by atoms with Crippen LogP contribution in [0, 0.1) is 6.92 Å². The Kier molecular flexibility index (Phi) is 3.13. The fourth-order valence-corrected chi connectivity index (χ4v) is 2.12. The van der Waals surface area contributed by atoms with Crippen molar-refractivity contribution in [2.75, 3.05) is 13.1 Å². The van der Waals surface area contributed by atoms with Gasteiger partial charge in [0.1, 0.15) is 5.69 Å². The maximum Gasteiger partial charge on any atom is 0.189 e. The fraction of sp³-hybridized carbons (Fsp3) is 0.357. The van der Waals surface area contributed by atoms with Gasteiger partial charge in [-0.15, -0.1) is 5.10 Å². The summed E-state index contributed by atoms with van der Waals surface area (Å²) in [6.07, 6.45) is 2.14. The second-order valence-electron chi connectivity index (χ2n) is 4.92. The van der Waals surface area contributed by atoms with Crippen LogP contribution in [0.25, 0.3) is 0 Å². The van der Waals surface area contributed by atoms with Gasteiger partial charge in [-0.05, 0) is 18.1 Å². The number of ketones is 1. The molecular formula is C14H16N4O. The summed E-state index contributed by atoms with van der Waals surface area (Å²) in [6, 6.07) is 8.26. The van der Waals surface area contributed by atoms with Crippen LogP contribution in [0.2, 0.25) is 0 Å². The Morgan fingerprint density at radius 2 is 2.21 bits per heavy atom. The molecule has 1 N–H and O–H groups in total. The van der Waals surface area contributed by atoms with Gasteiger partial charge in [-0.25, -0.2) is 4.68 Å². The molecule has 98 valence electrons. The number of nitrogens with zero attached hydrogens (tertiary/aromatic N) is 3. The van der Waals surface area contributed by atoms with Crippen molar-refractivity contribution in [1.29, 1.82) is 0 Å². The second-order valence-corrected chi connectivity index (χ2v) is 4.92. The first-order chi connectivity index (χ1) is 9.24. The molecule has 0 bridgehead atoms. The highest BCUT2D eigenvalue weighted by atomic mass is 16.1. The number of carbonyl (C=O) groups is 1. The quantitative estimate of drug-likeness (QED) is 0.834. The second kappa shape index (κ2) is 4.93. The molecule has 19 heavy (non-hydrogen) atoms. The van der Waals surface area contributed by atoms with Crippen molar-refractivity contribution in [3.8, 4) is 0 Å². The standard InChI is InChI=1S/C14H16N4O/c1-10-4-2-3-5-11(10)6-14(19)13-9-18(17-16-13)12-7-15-8-12/h2-5,9,12,15H,6-8H2,1H3. The summed E-state index contributed by atoms with van der Waals surface area (Å²) in [7, 11) is 0. The Morgan fingerprint density at radius 1 is 1.42 bits per heavy atom. The Morgan fingerprint density at radius 3 is 2.89 bits per heavy atom. The SMILES string of the molecule is Cc1ccccc1CC(=O)c1cn(C2CNC2)nn1. The predicted molar refractivity (Wildman–Crippen MR) is 71.1 cm³/mol.